The van der Waals surface area contributed by atoms with Crippen LogP contribution >= 0.6 is 0 Å². The molecule has 0 rings (SSSR count). The molecule has 0 bridgehead atoms. The molecule has 0 unspecified atom stereocenters. The second-order valence-electron chi connectivity index (χ2n) is 1.90. The predicted octanol–water partition coefficient (Wildman–Crippen LogP) is 1.51. The second kappa shape index (κ2) is 6.92. The van der Waals surface area contributed by atoms with Crippen molar-refractivity contribution in [1.82, 2.24) is 11.1 Å². The standard InChI is InChI=1S/C6H15N.H3N/c1-4-6-7(3)5-2;/h4-6H2,1-3H3;1H3. The Kier molecular flexibility index (Phi) is 9.36. The van der Waals surface area contributed by atoms with E-state index in [1.165, 1.54) is 19.5 Å². The molecular formula is C6H18N2. The summed E-state index contributed by atoms with van der Waals surface area (Å²) in [5.41, 5.74) is 0. The van der Waals surface area contributed by atoms with Crippen LogP contribution in [0.5, 0.6) is 0 Å². The maximum absolute atomic E-state index is 2.31. The molecule has 2 heteroatoms. The first kappa shape index (κ1) is 10.8. The van der Waals surface area contributed by atoms with Crippen molar-refractivity contribution in [1.29, 1.82) is 0 Å². The van der Waals surface area contributed by atoms with Gasteiger partial charge in [-0.2, -0.15) is 0 Å². The molecule has 3 N–H and O–H groups in total. The Hall–Kier alpha value is -0.0800. The Labute approximate surface area is 52.5 Å². The smallest absolute Gasteiger partial charge is 0.00245 e. The largest absolute Gasteiger partial charge is 0.344 e. The van der Waals surface area contributed by atoms with Crippen LogP contribution in [0.3, 0.4) is 0 Å². The van der Waals surface area contributed by atoms with Crippen LogP contribution in [-0.4, -0.2) is 25.0 Å². The van der Waals surface area contributed by atoms with Gasteiger partial charge in [0.25, 0.3) is 0 Å². The molecule has 52 valence electrons. The van der Waals surface area contributed by atoms with Crippen LogP contribution < -0.4 is 6.15 Å². The lowest BCUT2D eigenvalue weighted by Crippen LogP contribution is -2.17. The van der Waals surface area contributed by atoms with E-state index < -0.39 is 0 Å². The van der Waals surface area contributed by atoms with Gasteiger partial charge in [0.15, 0.2) is 0 Å². The van der Waals surface area contributed by atoms with Crippen LogP contribution in [0.2, 0.25) is 0 Å². The molecule has 0 fully saturated rings. The summed E-state index contributed by atoms with van der Waals surface area (Å²) < 4.78 is 0. The Morgan fingerprint density at radius 1 is 1.25 bits per heavy atom. The maximum Gasteiger partial charge on any atom is -0.00245 e. The third-order valence-electron chi connectivity index (χ3n) is 1.15. The van der Waals surface area contributed by atoms with Gasteiger partial charge in [0.05, 0.1) is 0 Å². The minimum absolute atomic E-state index is 0. The number of hydrogen-bond acceptors (Lipinski definition) is 2. The van der Waals surface area contributed by atoms with Gasteiger partial charge in [0.1, 0.15) is 0 Å². The SMILES string of the molecule is CCCN(C)CC.N. The molecule has 2 nitrogen and oxygen atoms in total. The van der Waals surface area contributed by atoms with Crippen molar-refractivity contribution in [3.63, 3.8) is 0 Å². The molecular weight excluding hydrogens is 100 g/mol. The van der Waals surface area contributed by atoms with Gasteiger partial charge in [0.2, 0.25) is 0 Å². The minimum atomic E-state index is 0. The Bertz CT molecular complexity index is 37.5. The van der Waals surface area contributed by atoms with Gasteiger partial charge in [-0.1, -0.05) is 13.8 Å². The monoisotopic (exact) mass is 118 g/mol. The molecule has 0 aromatic carbocycles. The molecule has 0 aliphatic heterocycles. The first-order chi connectivity index (χ1) is 3.31. The quantitative estimate of drug-likeness (QED) is 0.610. The molecule has 0 aliphatic rings. The molecule has 0 saturated heterocycles. The summed E-state index contributed by atoms with van der Waals surface area (Å²) in [5, 5.41) is 0. The fraction of sp³-hybridized carbons (Fsp3) is 1.00. The average Bonchev–Trinajstić information content (AvgIpc) is 1.68. The maximum atomic E-state index is 2.31. The lowest BCUT2D eigenvalue weighted by Gasteiger charge is -2.10. The fourth-order valence-corrected chi connectivity index (χ4v) is 0.540. The summed E-state index contributed by atoms with van der Waals surface area (Å²) in [4.78, 5) is 2.31. The highest BCUT2D eigenvalue weighted by atomic mass is 15.1. The van der Waals surface area contributed by atoms with Gasteiger partial charge in [-0.3, -0.25) is 0 Å². The average molecular weight is 118 g/mol. The fourth-order valence-electron chi connectivity index (χ4n) is 0.540. The van der Waals surface area contributed by atoms with E-state index in [2.05, 4.69) is 25.8 Å². The third-order valence-corrected chi connectivity index (χ3v) is 1.15. The van der Waals surface area contributed by atoms with Crippen molar-refractivity contribution >= 4 is 0 Å². The van der Waals surface area contributed by atoms with Crippen molar-refractivity contribution in [2.75, 3.05) is 20.1 Å². The van der Waals surface area contributed by atoms with Crippen molar-refractivity contribution in [2.24, 2.45) is 0 Å². The zero-order valence-corrected chi connectivity index (χ0v) is 6.28. The zero-order valence-electron chi connectivity index (χ0n) is 6.28. The van der Waals surface area contributed by atoms with Gasteiger partial charge in [-0.15, -0.1) is 0 Å². The highest BCUT2D eigenvalue weighted by molar-refractivity contribution is 4.41. The van der Waals surface area contributed by atoms with Crippen LogP contribution in [-0.2, 0) is 0 Å². The molecule has 0 saturated carbocycles. The van der Waals surface area contributed by atoms with E-state index in [1.807, 2.05) is 0 Å². The zero-order chi connectivity index (χ0) is 5.70. The first-order valence-corrected chi connectivity index (χ1v) is 2.99. The van der Waals surface area contributed by atoms with E-state index in [0.29, 0.717) is 0 Å². The molecule has 0 heterocycles. The van der Waals surface area contributed by atoms with Crippen LogP contribution in [0.15, 0.2) is 0 Å². The Balaban J connectivity index is 0. The van der Waals surface area contributed by atoms with Gasteiger partial charge in [0, 0.05) is 0 Å². The van der Waals surface area contributed by atoms with Gasteiger partial charge >= 0.3 is 0 Å². The summed E-state index contributed by atoms with van der Waals surface area (Å²) in [7, 11) is 2.14. The predicted molar refractivity (Wildman–Crippen MR) is 38.5 cm³/mol. The van der Waals surface area contributed by atoms with Crippen LogP contribution in [0.25, 0.3) is 0 Å². The van der Waals surface area contributed by atoms with Crippen molar-refractivity contribution in [3.05, 3.63) is 0 Å². The van der Waals surface area contributed by atoms with Crippen molar-refractivity contribution < 1.29 is 0 Å². The number of nitrogens with zero attached hydrogens (tertiary/aromatic N) is 1. The molecule has 8 heavy (non-hydrogen) atoms. The highest BCUT2D eigenvalue weighted by Gasteiger charge is 1.86. The Morgan fingerprint density at radius 3 is 1.88 bits per heavy atom. The second-order valence-corrected chi connectivity index (χ2v) is 1.90. The van der Waals surface area contributed by atoms with Gasteiger partial charge in [-0.25, -0.2) is 0 Å². The lowest BCUT2D eigenvalue weighted by atomic mass is 10.4. The van der Waals surface area contributed by atoms with E-state index in [9.17, 15) is 0 Å². The normalized spacial score (nSPS) is 9.00. The summed E-state index contributed by atoms with van der Waals surface area (Å²) in [6.07, 6.45) is 1.27. The third kappa shape index (κ3) is 5.92. The summed E-state index contributed by atoms with van der Waals surface area (Å²) in [6.45, 7) is 6.78. The summed E-state index contributed by atoms with van der Waals surface area (Å²) in [5.74, 6) is 0. The molecule has 0 radical (unpaired) electrons. The van der Waals surface area contributed by atoms with E-state index in [1.54, 1.807) is 0 Å². The van der Waals surface area contributed by atoms with Gasteiger partial charge < -0.3 is 11.1 Å². The minimum Gasteiger partial charge on any atom is -0.344 e. The number of hydrogen-bond donors (Lipinski definition) is 1. The molecule has 0 aromatic rings. The van der Waals surface area contributed by atoms with Crippen molar-refractivity contribution in [3.8, 4) is 0 Å². The van der Waals surface area contributed by atoms with E-state index in [4.69, 9.17) is 0 Å². The first-order valence-electron chi connectivity index (χ1n) is 2.99. The molecule has 0 spiro atoms. The Morgan fingerprint density at radius 2 is 1.75 bits per heavy atom. The topological polar surface area (TPSA) is 38.2 Å². The lowest BCUT2D eigenvalue weighted by molar-refractivity contribution is 0.353. The van der Waals surface area contributed by atoms with Crippen LogP contribution in [0.1, 0.15) is 20.3 Å². The van der Waals surface area contributed by atoms with E-state index in [0.717, 1.165) is 0 Å². The van der Waals surface area contributed by atoms with E-state index in [-0.39, 0.29) is 6.15 Å². The molecule has 0 aromatic heterocycles. The molecule has 0 aliphatic carbocycles. The van der Waals surface area contributed by atoms with Crippen molar-refractivity contribution in [2.45, 2.75) is 20.3 Å². The van der Waals surface area contributed by atoms with Gasteiger partial charge in [-0.05, 0) is 26.6 Å². The molecule has 0 atom stereocenters. The van der Waals surface area contributed by atoms with E-state index >= 15 is 0 Å². The summed E-state index contributed by atoms with van der Waals surface area (Å²) in [6, 6.07) is 0. The molecule has 0 amide bonds. The number of rotatable bonds is 3. The van der Waals surface area contributed by atoms with Crippen LogP contribution in [0, 0.1) is 0 Å². The highest BCUT2D eigenvalue weighted by Crippen LogP contribution is 1.81. The van der Waals surface area contributed by atoms with Crippen LogP contribution in [0.4, 0.5) is 0 Å². The summed E-state index contributed by atoms with van der Waals surface area (Å²) >= 11 is 0.